The minimum absolute atomic E-state index is 0.0266. The Hall–Kier alpha value is -7.23. The molecule has 0 fully saturated rings. The summed E-state index contributed by atoms with van der Waals surface area (Å²) in [6.45, 7) is 7.00. The number of benzene rings is 7. The maximum atomic E-state index is 5.07. The third-order valence-electron chi connectivity index (χ3n) is 12.2. The average molecular weight is 728 g/mol. The van der Waals surface area contributed by atoms with Crippen LogP contribution in [-0.2, 0) is 5.41 Å². The summed E-state index contributed by atoms with van der Waals surface area (Å²) in [4.78, 5) is 15.1. The normalized spacial score (nSPS) is 15.5. The predicted octanol–water partition coefficient (Wildman–Crippen LogP) is 12.8. The van der Waals surface area contributed by atoms with E-state index < -0.39 is 5.41 Å². The molecule has 0 N–H and O–H groups in total. The lowest BCUT2D eigenvalue weighted by Gasteiger charge is -2.31. The first-order valence-corrected chi connectivity index (χ1v) is 19.6. The van der Waals surface area contributed by atoms with E-state index in [1.807, 2.05) is 60.7 Å². The van der Waals surface area contributed by atoms with Gasteiger partial charge in [-0.2, -0.15) is 0 Å². The fourth-order valence-electron chi connectivity index (χ4n) is 9.65. The zero-order chi connectivity index (χ0) is 38.1. The molecule has 1 unspecified atom stereocenters. The Balaban J connectivity index is 1.01. The second kappa shape index (κ2) is 12.9. The van der Waals surface area contributed by atoms with Crippen LogP contribution in [0.15, 0.2) is 200 Å². The lowest BCUT2D eigenvalue weighted by atomic mass is 9.70. The first-order valence-electron chi connectivity index (χ1n) is 19.6. The summed E-state index contributed by atoms with van der Waals surface area (Å²) in [6.07, 6.45) is 6.70. The molecule has 0 saturated carbocycles. The zero-order valence-corrected chi connectivity index (χ0v) is 31.5. The molecule has 0 radical (unpaired) electrons. The Morgan fingerprint density at radius 1 is 0.456 bits per heavy atom. The summed E-state index contributed by atoms with van der Waals surface area (Å²) < 4.78 is 0. The molecular weight excluding hydrogens is 691 g/mol. The van der Waals surface area contributed by atoms with Gasteiger partial charge in [-0.15, -0.1) is 0 Å². The van der Waals surface area contributed by atoms with E-state index in [-0.39, 0.29) is 5.92 Å². The largest absolute Gasteiger partial charge is 0.208 e. The van der Waals surface area contributed by atoms with Crippen LogP contribution < -0.4 is 0 Å². The van der Waals surface area contributed by atoms with Crippen molar-refractivity contribution in [2.75, 3.05) is 0 Å². The average Bonchev–Trinajstić information content (AvgIpc) is 3.74. The van der Waals surface area contributed by atoms with Crippen LogP contribution >= 0.6 is 0 Å². The standard InChI is InChI=1S/C54H37N3/c1-34-39(38-31-32-46-45-23-11-14-30-49(45)54(50(46)33-38)47-28-12-9-21-43(47)44-22-10-13-29-48(44)54)24-15-25-40(34)41-26-16-27-42(35(41)2)53-56-51(36-17-5-3-6-18-36)55-52(57-53)37-19-7-4-8-20-37/h3-33,40H,1H2,2H3. The van der Waals surface area contributed by atoms with Crippen LogP contribution in [0.2, 0.25) is 0 Å². The van der Waals surface area contributed by atoms with Gasteiger partial charge in [0, 0.05) is 22.6 Å². The molecule has 0 aliphatic heterocycles. The van der Waals surface area contributed by atoms with Crippen molar-refractivity contribution in [3.8, 4) is 56.4 Å². The van der Waals surface area contributed by atoms with Gasteiger partial charge < -0.3 is 0 Å². The number of aromatic nitrogens is 3. The van der Waals surface area contributed by atoms with Crippen molar-refractivity contribution in [2.24, 2.45) is 0 Å². The number of hydrogen-bond acceptors (Lipinski definition) is 3. The fraction of sp³-hybridized carbons (Fsp3) is 0.0556. The van der Waals surface area contributed by atoms with Crippen molar-refractivity contribution in [2.45, 2.75) is 18.3 Å². The topological polar surface area (TPSA) is 38.7 Å². The lowest BCUT2D eigenvalue weighted by molar-refractivity contribution is 0.793. The molecule has 11 rings (SSSR count). The molecule has 1 spiro atoms. The van der Waals surface area contributed by atoms with E-state index in [0.29, 0.717) is 17.5 Å². The highest BCUT2D eigenvalue weighted by Gasteiger charge is 2.51. The number of allylic oxidation sites excluding steroid dienone is 5. The predicted molar refractivity (Wildman–Crippen MR) is 233 cm³/mol. The Morgan fingerprint density at radius 3 is 1.53 bits per heavy atom. The van der Waals surface area contributed by atoms with Gasteiger partial charge in [-0.1, -0.05) is 189 Å². The number of rotatable bonds is 5. The lowest BCUT2D eigenvalue weighted by Crippen LogP contribution is -2.26. The Bertz CT molecular complexity index is 2870. The first-order chi connectivity index (χ1) is 28.1. The van der Waals surface area contributed by atoms with E-state index in [0.717, 1.165) is 33.4 Å². The maximum absolute atomic E-state index is 5.07. The molecule has 3 aliphatic carbocycles. The van der Waals surface area contributed by atoms with E-state index in [9.17, 15) is 0 Å². The molecular formula is C54H37N3. The zero-order valence-electron chi connectivity index (χ0n) is 31.5. The highest BCUT2D eigenvalue weighted by molar-refractivity contribution is 5.96. The summed E-state index contributed by atoms with van der Waals surface area (Å²) in [6, 6.07) is 60.8. The van der Waals surface area contributed by atoms with Gasteiger partial charge in [0.1, 0.15) is 0 Å². The summed E-state index contributed by atoms with van der Waals surface area (Å²) in [5.74, 6) is 1.94. The Labute approximate surface area is 333 Å². The van der Waals surface area contributed by atoms with Crippen molar-refractivity contribution in [1.82, 2.24) is 15.0 Å². The molecule has 0 amide bonds. The molecule has 3 aliphatic rings. The summed E-state index contributed by atoms with van der Waals surface area (Å²) in [7, 11) is 0. The van der Waals surface area contributed by atoms with Crippen LogP contribution in [0.1, 0.15) is 44.9 Å². The molecule has 3 nitrogen and oxygen atoms in total. The van der Waals surface area contributed by atoms with Crippen molar-refractivity contribution < 1.29 is 0 Å². The monoisotopic (exact) mass is 727 g/mol. The van der Waals surface area contributed by atoms with E-state index in [1.54, 1.807) is 0 Å². The summed E-state index contributed by atoms with van der Waals surface area (Å²) in [5, 5.41) is 0. The molecule has 1 atom stereocenters. The van der Waals surface area contributed by atoms with Gasteiger partial charge in [-0.25, -0.2) is 15.0 Å². The quantitative estimate of drug-likeness (QED) is 0.177. The third kappa shape index (κ3) is 4.95. The van der Waals surface area contributed by atoms with Crippen LogP contribution in [-0.4, -0.2) is 15.0 Å². The van der Waals surface area contributed by atoms with Crippen molar-refractivity contribution in [3.05, 3.63) is 239 Å². The summed E-state index contributed by atoms with van der Waals surface area (Å²) in [5.41, 5.74) is 18.8. The smallest absolute Gasteiger partial charge is 0.164 e. The molecule has 0 saturated heterocycles. The molecule has 57 heavy (non-hydrogen) atoms. The van der Waals surface area contributed by atoms with Gasteiger partial charge in [-0.3, -0.25) is 0 Å². The highest BCUT2D eigenvalue weighted by atomic mass is 15.0. The second-order valence-corrected chi connectivity index (χ2v) is 15.2. The SMILES string of the molecule is C=C1C(c2ccc3c(c2)C2(c4ccccc4-c4ccccc42)c2ccccc2-3)=CC=CC1c1cccc(-c2nc(-c3ccccc3)nc(-c3ccccc3)n2)c1C. The van der Waals surface area contributed by atoms with Gasteiger partial charge in [-0.05, 0) is 85.3 Å². The summed E-state index contributed by atoms with van der Waals surface area (Å²) >= 11 is 0. The molecule has 1 heterocycles. The Morgan fingerprint density at radius 2 is 0.947 bits per heavy atom. The van der Waals surface area contributed by atoms with Crippen molar-refractivity contribution in [1.29, 1.82) is 0 Å². The van der Waals surface area contributed by atoms with Gasteiger partial charge in [0.15, 0.2) is 17.5 Å². The van der Waals surface area contributed by atoms with Crippen LogP contribution in [0.25, 0.3) is 62.0 Å². The van der Waals surface area contributed by atoms with Crippen molar-refractivity contribution >= 4 is 5.57 Å². The molecule has 8 aromatic rings. The highest BCUT2D eigenvalue weighted by Crippen LogP contribution is 2.63. The third-order valence-corrected chi connectivity index (χ3v) is 12.2. The van der Waals surface area contributed by atoms with E-state index in [2.05, 4.69) is 134 Å². The number of fused-ring (bicyclic) bond motifs is 10. The van der Waals surface area contributed by atoms with Gasteiger partial charge in [0.05, 0.1) is 5.41 Å². The van der Waals surface area contributed by atoms with Crippen molar-refractivity contribution in [3.63, 3.8) is 0 Å². The fourth-order valence-corrected chi connectivity index (χ4v) is 9.65. The minimum Gasteiger partial charge on any atom is -0.208 e. The number of nitrogens with zero attached hydrogens (tertiary/aromatic N) is 3. The Kier molecular flexibility index (Phi) is 7.52. The molecule has 268 valence electrons. The van der Waals surface area contributed by atoms with Crippen LogP contribution in [0.5, 0.6) is 0 Å². The van der Waals surface area contributed by atoms with Crippen LogP contribution in [0.4, 0.5) is 0 Å². The van der Waals surface area contributed by atoms with Crippen LogP contribution in [0, 0.1) is 6.92 Å². The molecule has 3 heteroatoms. The van der Waals surface area contributed by atoms with E-state index in [1.165, 1.54) is 55.6 Å². The van der Waals surface area contributed by atoms with Gasteiger partial charge in [0.2, 0.25) is 0 Å². The van der Waals surface area contributed by atoms with E-state index in [4.69, 9.17) is 21.5 Å². The first kappa shape index (κ1) is 33.1. The maximum Gasteiger partial charge on any atom is 0.164 e. The van der Waals surface area contributed by atoms with Gasteiger partial charge >= 0.3 is 0 Å². The second-order valence-electron chi connectivity index (χ2n) is 15.2. The van der Waals surface area contributed by atoms with Gasteiger partial charge in [0.25, 0.3) is 0 Å². The number of hydrogen-bond donors (Lipinski definition) is 0. The molecule has 0 bridgehead atoms. The molecule has 1 aromatic heterocycles. The molecule has 7 aromatic carbocycles. The van der Waals surface area contributed by atoms with Crippen LogP contribution in [0.3, 0.4) is 0 Å². The van der Waals surface area contributed by atoms with E-state index >= 15 is 0 Å². The minimum atomic E-state index is -0.395.